The van der Waals surface area contributed by atoms with Gasteiger partial charge in [0.1, 0.15) is 0 Å². The molecule has 21 heavy (non-hydrogen) atoms. The summed E-state index contributed by atoms with van der Waals surface area (Å²) >= 11 is 4.59. The van der Waals surface area contributed by atoms with Crippen LogP contribution in [0.5, 0.6) is 0 Å². The van der Waals surface area contributed by atoms with E-state index in [2.05, 4.69) is 11.2 Å². The number of hydrogen-bond acceptors (Lipinski definition) is 6. The van der Waals surface area contributed by atoms with Crippen molar-refractivity contribution < 1.29 is 22.0 Å². The van der Waals surface area contributed by atoms with Crippen LogP contribution in [-0.2, 0) is 39.3 Å². The van der Waals surface area contributed by atoms with Gasteiger partial charge in [0.2, 0.25) is 0 Å². The van der Waals surface area contributed by atoms with Crippen molar-refractivity contribution >= 4 is 28.8 Å². The molecule has 1 rings (SSSR count). The quantitative estimate of drug-likeness (QED) is 0.636. The molecule has 0 aromatic heterocycles. The Hall–Kier alpha value is -0.353. The van der Waals surface area contributed by atoms with Crippen molar-refractivity contribution in [2.75, 3.05) is 19.8 Å². The second kappa shape index (κ2) is 8.32. The summed E-state index contributed by atoms with van der Waals surface area (Å²) in [4.78, 5) is 0.121. The van der Waals surface area contributed by atoms with Crippen molar-refractivity contribution in [3.05, 3.63) is 29.8 Å². The highest BCUT2D eigenvalue weighted by atomic mass is 32.8. The minimum atomic E-state index is -3.71. The molecular formula is C13H21O5S2Si-. The molecule has 0 radical (unpaired) electrons. The molecule has 0 amide bonds. The van der Waals surface area contributed by atoms with E-state index in [0.717, 1.165) is 0 Å². The summed E-state index contributed by atoms with van der Waals surface area (Å²) in [5, 5.41) is 0. The molecule has 0 aliphatic heterocycles. The van der Waals surface area contributed by atoms with E-state index in [1.54, 1.807) is 18.2 Å². The van der Waals surface area contributed by atoms with Crippen LogP contribution in [0.3, 0.4) is 0 Å². The van der Waals surface area contributed by atoms with Crippen molar-refractivity contribution in [2.24, 2.45) is 0 Å². The maximum atomic E-state index is 11.7. The first kappa shape index (κ1) is 18.7. The summed E-state index contributed by atoms with van der Waals surface area (Å²) in [5.74, 6) is 0. The van der Waals surface area contributed by atoms with Gasteiger partial charge in [0.05, 0.1) is 0 Å². The van der Waals surface area contributed by atoms with Crippen molar-refractivity contribution in [2.45, 2.75) is 31.7 Å². The van der Waals surface area contributed by atoms with Crippen LogP contribution < -0.4 is 0 Å². The molecule has 0 saturated carbocycles. The monoisotopic (exact) mass is 349 g/mol. The molecule has 0 N–H and O–H groups in total. The fourth-order valence-electron chi connectivity index (χ4n) is 2.06. The minimum Gasteiger partial charge on any atom is -0.766 e. The fourth-order valence-corrected chi connectivity index (χ4v) is 6.04. The van der Waals surface area contributed by atoms with E-state index >= 15 is 0 Å². The number of hydrogen-bond donors (Lipinski definition) is 0. The highest BCUT2D eigenvalue weighted by molar-refractivity contribution is 8.29. The molecule has 1 atom stereocenters. The Labute approximate surface area is 132 Å². The van der Waals surface area contributed by atoms with Gasteiger partial charge in [0, 0.05) is 30.8 Å². The topological polar surface area (TPSA) is 67.8 Å². The Morgan fingerprint density at radius 1 is 1.10 bits per heavy atom. The standard InChI is InChI=1S/C13H22O5S2Si/c1-4-16-21(17-5-2,18-6-3)11-12-9-7-8-10-13(12)20(14,15)19/h7-10H,4-6,11H2,1-3H3,(H,14,15,19)/p-1. The van der Waals surface area contributed by atoms with E-state index in [1.807, 2.05) is 20.8 Å². The van der Waals surface area contributed by atoms with Crippen LogP contribution in [0.2, 0.25) is 0 Å². The average molecular weight is 350 g/mol. The summed E-state index contributed by atoms with van der Waals surface area (Å²) in [7, 11) is -6.67. The molecular weight excluding hydrogens is 328 g/mol. The molecule has 1 aromatic rings. The summed E-state index contributed by atoms with van der Waals surface area (Å²) < 4.78 is 40.7. The van der Waals surface area contributed by atoms with E-state index in [0.29, 0.717) is 25.4 Å². The van der Waals surface area contributed by atoms with E-state index < -0.39 is 17.6 Å². The van der Waals surface area contributed by atoms with Gasteiger partial charge in [-0.05, 0) is 52.4 Å². The van der Waals surface area contributed by atoms with Crippen LogP contribution >= 0.6 is 0 Å². The Bertz CT molecular complexity index is 530. The molecule has 5 nitrogen and oxygen atoms in total. The van der Waals surface area contributed by atoms with Gasteiger partial charge in [-0.25, -0.2) is 0 Å². The zero-order chi connectivity index (χ0) is 15.9. The predicted octanol–water partition coefficient (Wildman–Crippen LogP) is 2.05. The first-order chi connectivity index (χ1) is 9.88. The molecule has 1 aromatic carbocycles. The van der Waals surface area contributed by atoms with E-state index in [-0.39, 0.29) is 10.9 Å². The van der Waals surface area contributed by atoms with Crippen molar-refractivity contribution in [3.63, 3.8) is 0 Å². The first-order valence-electron chi connectivity index (χ1n) is 6.84. The second-order valence-electron chi connectivity index (χ2n) is 4.22. The Morgan fingerprint density at radius 2 is 1.57 bits per heavy atom. The number of rotatable bonds is 9. The van der Waals surface area contributed by atoms with E-state index in [9.17, 15) is 8.76 Å². The lowest BCUT2D eigenvalue weighted by Crippen LogP contribution is -2.48. The summed E-state index contributed by atoms with van der Waals surface area (Å²) in [6.45, 7) is 6.89. The molecule has 0 saturated heterocycles. The van der Waals surface area contributed by atoms with Gasteiger partial charge < -0.3 is 17.8 Å². The third kappa shape index (κ3) is 5.40. The summed E-state index contributed by atoms with van der Waals surface area (Å²) in [6.07, 6.45) is 0. The SMILES string of the molecule is CCO[Si](Cc1ccccc1S(=O)([O-])=S)(OCC)OCC. The van der Waals surface area contributed by atoms with Crippen LogP contribution in [0, 0.1) is 0 Å². The predicted molar refractivity (Wildman–Crippen MR) is 85.3 cm³/mol. The van der Waals surface area contributed by atoms with Gasteiger partial charge in [0.15, 0.2) is 0 Å². The highest BCUT2D eigenvalue weighted by Gasteiger charge is 2.41. The zero-order valence-corrected chi connectivity index (χ0v) is 15.1. The molecule has 0 fully saturated rings. The maximum Gasteiger partial charge on any atom is 0.505 e. The van der Waals surface area contributed by atoms with Gasteiger partial charge in [0.25, 0.3) is 0 Å². The fraction of sp³-hybridized carbons (Fsp3) is 0.538. The molecule has 0 spiro atoms. The zero-order valence-electron chi connectivity index (χ0n) is 12.5. The lowest BCUT2D eigenvalue weighted by atomic mass is 10.2. The van der Waals surface area contributed by atoms with E-state index in [4.69, 9.17) is 13.3 Å². The van der Waals surface area contributed by atoms with Gasteiger partial charge in [-0.15, -0.1) is 0 Å². The second-order valence-corrected chi connectivity index (χ2v) is 9.47. The van der Waals surface area contributed by atoms with Gasteiger partial charge in [-0.1, -0.05) is 18.2 Å². The van der Waals surface area contributed by atoms with Crippen LogP contribution in [0.15, 0.2) is 29.2 Å². The normalized spacial score (nSPS) is 14.9. The Kier molecular flexibility index (Phi) is 7.41. The maximum absolute atomic E-state index is 11.7. The molecule has 0 bridgehead atoms. The average Bonchev–Trinajstić information content (AvgIpc) is 2.39. The van der Waals surface area contributed by atoms with Crippen molar-refractivity contribution in [1.29, 1.82) is 0 Å². The molecule has 120 valence electrons. The van der Waals surface area contributed by atoms with Gasteiger partial charge >= 0.3 is 8.80 Å². The lowest BCUT2D eigenvalue weighted by Gasteiger charge is -2.29. The summed E-state index contributed by atoms with van der Waals surface area (Å²) in [6, 6.07) is 6.92. The Morgan fingerprint density at radius 3 is 2.00 bits per heavy atom. The van der Waals surface area contributed by atoms with Crippen LogP contribution in [0.25, 0.3) is 0 Å². The third-order valence-corrected chi connectivity index (χ3v) is 7.22. The Balaban J connectivity index is 3.20. The molecule has 1 unspecified atom stereocenters. The highest BCUT2D eigenvalue weighted by Crippen LogP contribution is 2.23. The first-order valence-corrected chi connectivity index (χ1v) is 11.2. The van der Waals surface area contributed by atoms with Gasteiger partial charge in [-0.2, -0.15) is 0 Å². The molecule has 0 heterocycles. The lowest BCUT2D eigenvalue weighted by molar-refractivity contribution is 0.0702. The van der Waals surface area contributed by atoms with Crippen LogP contribution in [0.1, 0.15) is 26.3 Å². The van der Waals surface area contributed by atoms with Crippen molar-refractivity contribution in [3.8, 4) is 0 Å². The van der Waals surface area contributed by atoms with Crippen LogP contribution in [0.4, 0.5) is 0 Å². The van der Waals surface area contributed by atoms with Gasteiger partial charge in [-0.3, -0.25) is 4.21 Å². The minimum absolute atomic E-state index is 0.121. The molecule has 0 aliphatic rings. The smallest absolute Gasteiger partial charge is 0.505 e. The van der Waals surface area contributed by atoms with E-state index in [1.165, 1.54) is 6.07 Å². The van der Waals surface area contributed by atoms with Crippen molar-refractivity contribution in [1.82, 2.24) is 0 Å². The largest absolute Gasteiger partial charge is 0.766 e. The third-order valence-electron chi connectivity index (χ3n) is 2.74. The summed E-state index contributed by atoms with van der Waals surface area (Å²) in [5.41, 5.74) is 0.578. The molecule has 0 aliphatic carbocycles. The van der Waals surface area contributed by atoms with Crippen LogP contribution in [-0.4, -0.2) is 37.4 Å². The number of benzene rings is 1. The molecule has 8 heteroatoms.